The fraction of sp³-hybridized carbons (Fsp3) is 0.611. The molecular formula is C18H24F3N3O. The van der Waals surface area contributed by atoms with Gasteiger partial charge in [-0.05, 0) is 56.5 Å². The van der Waals surface area contributed by atoms with E-state index in [1.807, 2.05) is 6.92 Å². The maximum atomic E-state index is 13.1. The number of amides is 1. The van der Waals surface area contributed by atoms with Crippen LogP contribution in [0.2, 0.25) is 0 Å². The van der Waals surface area contributed by atoms with Crippen LogP contribution >= 0.6 is 0 Å². The van der Waals surface area contributed by atoms with Crippen LogP contribution in [0.4, 0.5) is 24.5 Å². The number of piperidine rings is 1. The maximum absolute atomic E-state index is 13.1. The number of rotatable bonds is 4. The van der Waals surface area contributed by atoms with Crippen molar-refractivity contribution in [2.45, 2.75) is 32.4 Å². The molecule has 0 saturated carbocycles. The summed E-state index contributed by atoms with van der Waals surface area (Å²) in [6.07, 6.45) is -1.27. The lowest BCUT2D eigenvalue weighted by Crippen LogP contribution is -2.48. The van der Waals surface area contributed by atoms with Crippen molar-refractivity contribution in [3.63, 3.8) is 0 Å². The molecule has 1 unspecified atom stereocenters. The number of nitrogens with one attached hydrogen (secondary N) is 2. The van der Waals surface area contributed by atoms with Gasteiger partial charge < -0.3 is 15.5 Å². The molecule has 2 fully saturated rings. The molecule has 2 aliphatic rings. The Kier molecular flexibility index (Phi) is 5.22. The van der Waals surface area contributed by atoms with Crippen LogP contribution in [0.1, 0.15) is 31.7 Å². The quantitative estimate of drug-likeness (QED) is 0.869. The molecule has 138 valence electrons. The van der Waals surface area contributed by atoms with Crippen molar-refractivity contribution in [1.29, 1.82) is 0 Å². The molecular weight excluding hydrogens is 331 g/mol. The van der Waals surface area contributed by atoms with E-state index in [2.05, 4.69) is 15.5 Å². The van der Waals surface area contributed by atoms with Gasteiger partial charge in [0.15, 0.2) is 0 Å². The highest BCUT2D eigenvalue weighted by atomic mass is 19.4. The zero-order valence-corrected chi connectivity index (χ0v) is 14.3. The van der Waals surface area contributed by atoms with Gasteiger partial charge in [-0.2, -0.15) is 13.2 Å². The van der Waals surface area contributed by atoms with Crippen molar-refractivity contribution in [2.75, 3.05) is 36.4 Å². The molecule has 1 atom stereocenters. The zero-order valence-electron chi connectivity index (χ0n) is 14.3. The van der Waals surface area contributed by atoms with E-state index >= 15 is 0 Å². The molecule has 4 nitrogen and oxygen atoms in total. The van der Waals surface area contributed by atoms with Crippen molar-refractivity contribution < 1.29 is 18.0 Å². The summed E-state index contributed by atoms with van der Waals surface area (Å²) in [4.78, 5) is 14.6. The Morgan fingerprint density at radius 2 is 1.92 bits per heavy atom. The number of carbonyl (C=O) groups excluding carboxylic acids is 1. The number of hydrogen-bond donors (Lipinski definition) is 2. The molecule has 2 heterocycles. The van der Waals surface area contributed by atoms with Crippen LogP contribution < -0.4 is 15.5 Å². The number of anilines is 2. The largest absolute Gasteiger partial charge is 0.416 e. The maximum Gasteiger partial charge on any atom is 0.416 e. The minimum absolute atomic E-state index is 0.218. The first-order chi connectivity index (χ1) is 11.9. The van der Waals surface area contributed by atoms with Crippen molar-refractivity contribution in [1.82, 2.24) is 5.32 Å². The second-order valence-electron chi connectivity index (χ2n) is 6.97. The molecule has 0 radical (unpaired) electrons. The third-order valence-corrected chi connectivity index (χ3v) is 5.21. The van der Waals surface area contributed by atoms with Crippen LogP contribution in [0.5, 0.6) is 0 Å². The Morgan fingerprint density at radius 3 is 2.48 bits per heavy atom. The summed E-state index contributed by atoms with van der Waals surface area (Å²) in [5, 5.41) is 5.88. The summed E-state index contributed by atoms with van der Waals surface area (Å²) in [6.45, 7) is 4.98. The molecule has 1 aromatic carbocycles. The fourth-order valence-electron chi connectivity index (χ4n) is 3.35. The highest BCUT2D eigenvalue weighted by Crippen LogP contribution is 2.36. The molecule has 0 aliphatic carbocycles. The van der Waals surface area contributed by atoms with E-state index in [4.69, 9.17) is 0 Å². The Bertz CT molecular complexity index is 622. The van der Waals surface area contributed by atoms with E-state index in [1.54, 1.807) is 0 Å². The van der Waals surface area contributed by atoms with Crippen LogP contribution in [-0.2, 0) is 11.0 Å². The average molecular weight is 355 g/mol. The molecule has 2 N–H and O–H groups in total. The summed E-state index contributed by atoms with van der Waals surface area (Å²) in [5.74, 6) is -0.210. The van der Waals surface area contributed by atoms with Gasteiger partial charge in [-0.15, -0.1) is 0 Å². The Hall–Kier alpha value is -1.76. The number of alkyl halides is 3. The SMILES string of the molecule is CC(C(=O)Nc1cc(C(F)(F)F)ccc1N1CCCCC1)C1CNC1. The number of hydrogen-bond acceptors (Lipinski definition) is 3. The molecule has 2 saturated heterocycles. The van der Waals surface area contributed by atoms with Crippen molar-refractivity contribution in [3.05, 3.63) is 23.8 Å². The minimum atomic E-state index is -4.43. The zero-order chi connectivity index (χ0) is 18.0. The van der Waals surface area contributed by atoms with Crippen LogP contribution in [0.25, 0.3) is 0 Å². The summed E-state index contributed by atoms with van der Waals surface area (Å²) >= 11 is 0. The van der Waals surface area contributed by atoms with Gasteiger partial charge in [-0.25, -0.2) is 0 Å². The fourth-order valence-corrected chi connectivity index (χ4v) is 3.35. The minimum Gasteiger partial charge on any atom is -0.370 e. The van der Waals surface area contributed by atoms with Crippen LogP contribution in [0.3, 0.4) is 0 Å². The lowest BCUT2D eigenvalue weighted by molar-refractivity contribution is -0.137. The van der Waals surface area contributed by atoms with Gasteiger partial charge in [-0.3, -0.25) is 4.79 Å². The summed E-state index contributed by atoms with van der Waals surface area (Å²) in [5.41, 5.74) is 0.211. The van der Waals surface area contributed by atoms with E-state index in [0.717, 1.165) is 57.6 Å². The number of carbonyl (C=O) groups is 1. The number of benzene rings is 1. The molecule has 1 aromatic rings. The van der Waals surface area contributed by atoms with Crippen molar-refractivity contribution in [2.24, 2.45) is 11.8 Å². The third-order valence-electron chi connectivity index (χ3n) is 5.21. The van der Waals surface area contributed by atoms with Crippen LogP contribution in [-0.4, -0.2) is 32.1 Å². The van der Waals surface area contributed by atoms with Gasteiger partial charge in [0.1, 0.15) is 0 Å². The molecule has 7 heteroatoms. The van der Waals surface area contributed by atoms with E-state index in [-0.39, 0.29) is 23.4 Å². The highest BCUT2D eigenvalue weighted by Gasteiger charge is 2.33. The first kappa shape index (κ1) is 18.0. The lowest BCUT2D eigenvalue weighted by Gasteiger charge is -2.33. The predicted octanol–water partition coefficient (Wildman–Crippen LogP) is 3.49. The van der Waals surface area contributed by atoms with Gasteiger partial charge in [0.25, 0.3) is 0 Å². The number of nitrogens with zero attached hydrogens (tertiary/aromatic N) is 1. The molecule has 0 bridgehead atoms. The third kappa shape index (κ3) is 4.08. The second kappa shape index (κ2) is 7.23. The molecule has 25 heavy (non-hydrogen) atoms. The average Bonchev–Trinajstić information content (AvgIpc) is 2.53. The van der Waals surface area contributed by atoms with E-state index in [1.165, 1.54) is 6.07 Å². The molecule has 1 amide bonds. The Morgan fingerprint density at radius 1 is 1.24 bits per heavy atom. The Labute approximate surface area is 145 Å². The summed E-state index contributed by atoms with van der Waals surface area (Å²) < 4.78 is 39.3. The van der Waals surface area contributed by atoms with E-state index in [0.29, 0.717) is 5.69 Å². The van der Waals surface area contributed by atoms with Crippen molar-refractivity contribution in [3.8, 4) is 0 Å². The predicted molar refractivity (Wildman–Crippen MR) is 91.7 cm³/mol. The smallest absolute Gasteiger partial charge is 0.370 e. The van der Waals surface area contributed by atoms with E-state index in [9.17, 15) is 18.0 Å². The summed E-state index contributed by atoms with van der Waals surface area (Å²) in [7, 11) is 0. The normalized spacial score (nSPS) is 20.1. The second-order valence-corrected chi connectivity index (χ2v) is 6.97. The highest BCUT2D eigenvalue weighted by molar-refractivity contribution is 5.96. The lowest BCUT2D eigenvalue weighted by atomic mass is 9.88. The first-order valence-electron chi connectivity index (χ1n) is 8.84. The van der Waals surface area contributed by atoms with Gasteiger partial charge >= 0.3 is 6.18 Å². The van der Waals surface area contributed by atoms with Crippen LogP contribution in [0, 0.1) is 11.8 Å². The molecule has 0 aromatic heterocycles. The first-order valence-corrected chi connectivity index (χ1v) is 8.84. The summed E-state index contributed by atoms with van der Waals surface area (Å²) in [6, 6.07) is 3.64. The molecule has 3 rings (SSSR count). The van der Waals surface area contributed by atoms with Gasteiger partial charge in [0, 0.05) is 19.0 Å². The standard InChI is InChI=1S/C18H24F3N3O/c1-12(13-10-22-11-13)17(25)23-15-9-14(18(19,20)21)5-6-16(15)24-7-3-2-4-8-24/h5-6,9,12-13,22H,2-4,7-8,10-11H2,1H3,(H,23,25). The van der Waals surface area contributed by atoms with Crippen LogP contribution in [0.15, 0.2) is 18.2 Å². The monoisotopic (exact) mass is 355 g/mol. The van der Waals surface area contributed by atoms with E-state index < -0.39 is 11.7 Å². The molecule has 2 aliphatic heterocycles. The molecule has 0 spiro atoms. The van der Waals surface area contributed by atoms with Crippen molar-refractivity contribution >= 4 is 17.3 Å². The number of halogens is 3. The van der Waals surface area contributed by atoms with Gasteiger partial charge in [-0.1, -0.05) is 6.92 Å². The Balaban J connectivity index is 1.85. The topological polar surface area (TPSA) is 44.4 Å². The van der Waals surface area contributed by atoms with Gasteiger partial charge in [0.2, 0.25) is 5.91 Å². The van der Waals surface area contributed by atoms with Gasteiger partial charge in [0.05, 0.1) is 16.9 Å².